The van der Waals surface area contributed by atoms with Gasteiger partial charge in [0.25, 0.3) is 5.91 Å². The Hall–Kier alpha value is -2.12. The number of rotatable bonds is 7. The summed E-state index contributed by atoms with van der Waals surface area (Å²) in [5.74, 6) is 1.22. The zero-order valence-electron chi connectivity index (χ0n) is 15.9. The first-order chi connectivity index (χ1) is 12.5. The largest absolute Gasteiger partial charge is 0.383 e. The molecule has 1 aliphatic rings. The minimum atomic E-state index is 0.0421. The van der Waals surface area contributed by atoms with Crippen molar-refractivity contribution < 1.29 is 9.53 Å². The molecule has 0 saturated carbocycles. The van der Waals surface area contributed by atoms with Crippen molar-refractivity contribution in [3.05, 3.63) is 23.8 Å². The van der Waals surface area contributed by atoms with Gasteiger partial charge in [-0.1, -0.05) is 13.3 Å². The molecule has 1 saturated heterocycles. The number of fused-ring (bicyclic) bond motifs is 1. The van der Waals surface area contributed by atoms with Crippen LogP contribution in [0.15, 0.2) is 18.2 Å². The Labute approximate surface area is 154 Å². The number of aryl methyl sites for hydroxylation is 1. The third-order valence-electron chi connectivity index (χ3n) is 5.16. The Morgan fingerprint density at radius 3 is 2.96 bits per heavy atom. The van der Waals surface area contributed by atoms with Crippen molar-refractivity contribution in [3.63, 3.8) is 0 Å². The zero-order chi connectivity index (χ0) is 18.7. The molecule has 3 rings (SSSR count). The van der Waals surface area contributed by atoms with Crippen LogP contribution < -0.4 is 11.1 Å². The molecule has 0 spiro atoms. The van der Waals surface area contributed by atoms with E-state index in [2.05, 4.69) is 17.2 Å². The summed E-state index contributed by atoms with van der Waals surface area (Å²) in [5, 5.41) is 3.25. The highest BCUT2D eigenvalue weighted by Crippen LogP contribution is 2.24. The lowest BCUT2D eigenvalue weighted by Gasteiger charge is -2.16. The maximum atomic E-state index is 12.9. The van der Waals surface area contributed by atoms with Gasteiger partial charge in [-0.15, -0.1) is 0 Å². The van der Waals surface area contributed by atoms with Crippen molar-refractivity contribution in [2.75, 3.05) is 38.7 Å². The summed E-state index contributed by atoms with van der Waals surface area (Å²) >= 11 is 0. The number of nitrogens with one attached hydrogen (secondary N) is 1. The second kappa shape index (κ2) is 8.05. The first kappa shape index (κ1) is 18.7. The summed E-state index contributed by atoms with van der Waals surface area (Å²) in [6.07, 6.45) is 2.17. The Balaban J connectivity index is 1.77. The highest BCUT2D eigenvalue weighted by atomic mass is 16.5. The molecule has 26 heavy (non-hydrogen) atoms. The maximum absolute atomic E-state index is 12.9. The van der Waals surface area contributed by atoms with E-state index in [0.29, 0.717) is 31.2 Å². The Morgan fingerprint density at radius 2 is 2.23 bits per heavy atom. The van der Waals surface area contributed by atoms with Crippen molar-refractivity contribution in [2.24, 2.45) is 18.7 Å². The summed E-state index contributed by atoms with van der Waals surface area (Å²) in [5.41, 5.74) is 8.69. The third-order valence-corrected chi connectivity index (χ3v) is 5.16. The topological polar surface area (TPSA) is 85.4 Å². The van der Waals surface area contributed by atoms with Crippen molar-refractivity contribution in [3.8, 4) is 0 Å². The molecular formula is C19H29N5O2. The smallest absolute Gasteiger partial charge is 0.253 e. The van der Waals surface area contributed by atoms with Crippen molar-refractivity contribution >= 4 is 22.9 Å². The van der Waals surface area contributed by atoms with Crippen LogP contribution in [0.3, 0.4) is 0 Å². The number of anilines is 1. The Kier molecular flexibility index (Phi) is 5.78. The predicted molar refractivity (Wildman–Crippen MR) is 103 cm³/mol. The van der Waals surface area contributed by atoms with Crippen molar-refractivity contribution in [2.45, 2.75) is 25.8 Å². The van der Waals surface area contributed by atoms with Crippen molar-refractivity contribution in [1.82, 2.24) is 14.5 Å². The molecule has 0 aliphatic carbocycles. The predicted octanol–water partition coefficient (Wildman–Crippen LogP) is 1.83. The third kappa shape index (κ3) is 3.68. The second-order valence-corrected chi connectivity index (χ2v) is 7.04. The minimum Gasteiger partial charge on any atom is -0.383 e. The van der Waals surface area contributed by atoms with E-state index in [1.807, 2.05) is 34.7 Å². The van der Waals surface area contributed by atoms with E-state index in [1.165, 1.54) is 0 Å². The van der Waals surface area contributed by atoms with E-state index in [4.69, 9.17) is 10.5 Å². The normalized spacial score (nSPS) is 20.1. The fourth-order valence-corrected chi connectivity index (χ4v) is 3.68. The summed E-state index contributed by atoms with van der Waals surface area (Å²) in [7, 11) is 3.63. The van der Waals surface area contributed by atoms with E-state index < -0.39 is 0 Å². The van der Waals surface area contributed by atoms with E-state index in [0.717, 1.165) is 36.4 Å². The number of likely N-dealkylation sites (tertiary alicyclic amines) is 1. The van der Waals surface area contributed by atoms with Gasteiger partial charge in [0.2, 0.25) is 5.95 Å². The van der Waals surface area contributed by atoms with E-state index in [1.54, 1.807) is 7.11 Å². The van der Waals surface area contributed by atoms with Gasteiger partial charge < -0.3 is 25.3 Å². The monoisotopic (exact) mass is 359 g/mol. The molecule has 2 heterocycles. The summed E-state index contributed by atoms with van der Waals surface area (Å²) in [6, 6.07) is 5.78. The number of ether oxygens (including phenoxy) is 1. The standard InChI is InChI=1S/C19H29N5O2/c1-4-5-14-11-24(12-15(14)20)18(25)13-6-7-17-16(10-13)22-19(23(17)2)21-8-9-26-3/h6-7,10,14-15H,4-5,8-9,11-12,20H2,1-3H3,(H,21,22)/t14-,15-/m1/s1. The van der Waals surface area contributed by atoms with Crippen LogP contribution in [0.5, 0.6) is 0 Å². The fraction of sp³-hybridized carbons (Fsp3) is 0.579. The van der Waals surface area contributed by atoms with Crippen LogP contribution in [0.4, 0.5) is 5.95 Å². The number of methoxy groups -OCH3 is 1. The van der Waals surface area contributed by atoms with Gasteiger partial charge in [0.1, 0.15) is 0 Å². The highest BCUT2D eigenvalue weighted by Gasteiger charge is 2.32. The molecule has 1 aromatic carbocycles. The first-order valence-corrected chi connectivity index (χ1v) is 9.29. The molecule has 2 atom stereocenters. The average molecular weight is 359 g/mol. The molecule has 1 fully saturated rings. The van der Waals surface area contributed by atoms with Crippen molar-refractivity contribution in [1.29, 1.82) is 0 Å². The number of nitrogens with two attached hydrogens (primary N) is 1. The summed E-state index contributed by atoms with van der Waals surface area (Å²) < 4.78 is 7.05. The molecule has 142 valence electrons. The van der Waals surface area contributed by atoms with E-state index in [-0.39, 0.29) is 11.9 Å². The van der Waals surface area contributed by atoms with Crippen LogP contribution in [-0.4, -0.2) is 59.8 Å². The molecule has 1 aromatic heterocycles. The summed E-state index contributed by atoms with van der Waals surface area (Å²) in [4.78, 5) is 19.4. The number of aromatic nitrogens is 2. The van der Waals surface area contributed by atoms with Crippen LogP contribution in [-0.2, 0) is 11.8 Å². The second-order valence-electron chi connectivity index (χ2n) is 7.04. The minimum absolute atomic E-state index is 0.0421. The SMILES string of the molecule is CCC[C@@H]1CN(C(=O)c2ccc3c(c2)nc(NCCOC)n3C)C[C@H]1N. The van der Waals surface area contributed by atoms with Crippen LogP contribution in [0.25, 0.3) is 11.0 Å². The zero-order valence-corrected chi connectivity index (χ0v) is 15.9. The number of nitrogens with zero attached hydrogens (tertiary/aromatic N) is 3. The molecule has 1 amide bonds. The van der Waals surface area contributed by atoms with Gasteiger partial charge in [-0.2, -0.15) is 0 Å². The van der Waals surface area contributed by atoms with Gasteiger partial charge in [-0.25, -0.2) is 4.98 Å². The molecule has 7 nitrogen and oxygen atoms in total. The first-order valence-electron chi connectivity index (χ1n) is 9.29. The molecule has 1 aliphatic heterocycles. The average Bonchev–Trinajstić information content (AvgIpc) is 3.15. The Morgan fingerprint density at radius 1 is 1.42 bits per heavy atom. The van der Waals surface area contributed by atoms with Gasteiger partial charge in [-0.3, -0.25) is 4.79 Å². The number of imidazole rings is 1. The number of carbonyl (C=O) groups excluding carboxylic acids is 1. The Bertz CT molecular complexity index is 773. The molecule has 3 N–H and O–H groups in total. The van der Waals surface area contributed by atoms with Crippen LogP contribution in [0.2, 0.25) is 0 Å². The van der Waals surface area contributed by atoms with Crippen LogP contribution >= 0.6 is 0 Å². The number of hydrogen-bond acceptors (Lipinski definition) is 5. The van der Waals surface area contributed by atoms with Gasteiger partial charge in [0.15, 0.2) is 0 Å². The summed E-state index contributed by atoms with van der Waals surface area (Å²) in [6.45, 7) is 4.83. The molecule has 0 unspecified atom stereocenters. The fourth-order valence-electron chi connectivity index (χ4n) is 3.68. The lowest BCUT2D eigenvalue weighted by Crippen LogP contribution is -2.32. The molecule has 0 radical (unpaired) electrons. The van der Waals surface area contributed by atoms with Gasteiger partial charge in [-0.05, 0) is 30.5 Å². The molecular weight excluding hydrogens is 330 g/mol. The molecule has 0 bridgehead atoms. The quantitative estimate of drug-likeness (QED) is 0.737. The maximum Gasteiger partial charge on any atom is 0.253 e. The van der Waals surface area contributed by atoms with Gasteiger partial charge in [0, 0.05) is 45.4 Å². The number of benzene rings is 1. The van der Waals surface area contributed by atoms with E-state index in [9.17, 15) is 4.79 Å². The lowest BCUT2D eigenvalue weighted by atomic mass is 9.99. The van der Waals surface area contributed by atoms with Crippen LogP contribution in [0, 0.1) is 5.92 Å². The molecule has 7 heteroatoms. The van der Waals surface area contributed by atoms with E-state index >= 15 is 0 Å². The van der Waals surface area contributed by atoms with Crippen LogP contribution in [0.1, 0.15) is 30.1 Å². The number of carbonyl (C=O) groups is 1. The lowest BCUT2D eigenvalue weighted by molar-refractivity contribution is 0.0785. The van der Waals surface area contributed by atoms with Gasteiger partial charge >= 0.3 is 0 Å². The molecule has 2 aromatic rings. The number of hydrogen-bond donors (Lipinski definition) is 2. The van der Waals surface area contributed by atoms with Gasteiger partial charge in [0.05, 0.1) is 17.6 Å². The number of amides is 1. The highest BCUT2D eigenvalue weighted by molar-refractivity contribution is 5.98.